The third-order valence-corrected chi connectivity index (χ3v) is 7.21. The van der Waals surface area contributed by atoms with Crippen molar-refractivity contribution in [2.75, 3.05) is 11.5 Å². The summed E-state index contributed by atoms with van der Waals surface area (Å²) >= 11 is 1.36. The number of amidine groups is 1. The van der Waals surface area contributed by atoms with Gasteiger partial charge < -0.3 is 4.90 Å². The third-order valence-electron chi connectivity index (χ3n) is 3.96. The number of amides is 1. The molecule has 0 aromatic heterocycles. The van der Waals surface area contributed by atoms with Crippen LogP contribution in [0.5, 0.6) is 0 Å². The highest BCUT2D eigenvalue weighted by molar-refractivity contribution is 8.15. The predicted molar refractivity (Wildman–Crippen MR) is 88.5 cm³/mol. The average molecular weight is 356 g/mol. The van der Waals surface area contributed by atoms with Gasteiger partial charge in [0.05, 0.1) is 17.5 Å². The second-order valence-electron chi connectivity index (χ2n) is 5.70. The number of thioether (sulfide) groups is 1. The number of benzene rings is 1. The van der Waals surface area contributed by atoms with Crippen LogP contribution in [0.4, 0.5) is 4.39 Å². The number of rotatable bonds is 3. The smallest absolute Gasteiger partial charge is 0.247 e. The Kier molecular flexibility index (Phi) is 4.46. The van der Waals surface area contributed by atoms with Crippen LogP contribution in [0.2, 0.25) is 0 Å². The molecule has 2 atom stereocenters. The highest BCUT2D eigenvalue weighted by Gasteiger charge is 2.48. The number of halogens is 1. The lowest BCUT2D eigenvalue weighted by molar-refractivity contribution is -0.117. The zero-order chi connectivity index (χ0) is 16.6. The predicted octanol–water partition coefficient (Wildman–Crippen LogP) is 1.83. The lowest BCUT2D eigenvalue weighted by atomic mass is 10.1. The molecule has 23 heavy (non-hydrogen) atoms. The molecule has 2 saturated heterocycles. The highest BCUT2D eigenvalue weighted by atomic mass is 32.2. The van der Waals surface area contributed by atoms with Gasteiger partial charge in [-0.3, -0.25) is 4.79 Å². The van der Waals surface area contributed by atoms with Crippen molar-refractivity contribution in [2.24, 2.45) is 4.99 Å². The van der Waals surface area contributed by atoms with Crippen molar-refractivity contribution in [3.63, 3.8) is 0 Å². The summed E-state index contributed by atoms with van der Waals surface area (Å²) in [5.74, 6) is -0.354. The number of aliphatic imine (C=N–C) groups is 1. The van der Waals surface area contributed by atoms with Crippen LogP contribution in [0.15, 0.2) is 29.3 Å². The van der Waals surface area contributed by atoms with Crippen molar-refractivity contribution >= 4 is 32.7 Å². The number of nitrogens with zero attached hydrogens (tertiary/aromatic N) is 2. The lowest BCUT2D eigenvalue weighted by Gasteiger charge is -2.24. The lowest BCUT2D eigenvalue weighted by Crippen LogP contribution is -2.37. The van der Waals surface area contributed by atoms with E-state index in [1.54, 1.807) is 19.1 Å². The van der Waals surface area contributed by atoms with E-state index < -0.39 is 9.84 Å². The van der Waals surface area contributed by atoms with Crippen LogP contribution < -0.4 is 0 Å². The van der Waals surface area contributed by atoms with Gasteiger partial charge in [-0.1, -0.05) is 30.8 Å². The van der Waals surface area contributed by atoms with Gasteiger partial charge in [-0.2, -0.15) is 4.99 Å². The number of carbonyl (C=O) groups is 1. The van der Waals surface area contributed by atoms with Crippen LogP contribution in [0.25, 0.3) is 0 Å². The maximum atomic E-state index is 13.0. The summed E-state index contributed by atoms with van der Waals surface area (Å²) in [5, 5.41) is 0.481. The monoisotopic (exact) mass is 356 g/mol. The fourth-order valence-corrected chi connectivity index (χ4v) is 6.76. The summed E-state index contributed by atoms with van der Waals surface area (Å²) < 4.78 is 36.8. The topological polar surface area (TPSA) is 66.8 Å². The Labute approximate surface area is 138 Å². The summed E-state index contributed by atoms with van der Waals surface area (Å²) in [6, 6.07) is 5.88. The molecule has 124 valence electrons. The van der Waals surface area contributed by atoms with Gasteiger partial charge in [0.25, 0.3) is 0 Å². The summed E-state index contributed by atoms with van der Waals surface area (Å²) in [5.41, 5.74) is 0.855. The number of carbonyl (C=O) groups excluding carboxylic acids is 1. The first-order valence-corrected chi connectivity index (χ1v) is 10.1. The van der Waals surface area contributed by atoms with E-state index in [1.807, 2.05) is 4.90 Å². The maximum absolute atomic E-state index is 13.0. The van der Waals surface area contributed by atoms with Gasteiger partial charge in [-0.25, -0.2) is 12.8 Å². The normalized spacial score (nSPS) is 27.4. The molecule has 0 unspecified atom stereocenters. The van der Waals surface area contributed by atoms with E-state index in [0.717, 1.165) is 5.56 Å². The molecule has 0 aliphatic carbocycles. The number of sulfone groups is 1. The fourth-order valence-electron chi connectivity index (χ4n) is 2.79. The summed E-state index contributed by atoms with van der Waals surface area (Å²) in [7, 11) is -3.06. The molecule has 0 radical (unpaired) electrons. The zero-order valence-corrected chi connectivity index (χ0v) is 14.2. The Hall–Kier alpha value is -1.41. The van der Waals surface area contributed by atoms with Gasteiger partial charge in [0.1, 0.15) is 5.82 Å². The molecule has 5 nitrogen and oxygen atoms in total. The van der Waals surface area contributed by atoms with E-state index in [-0.39, 0.29) is 34.5 Å². The molecule has 2 aliphatic heterocycles. The highest BCUT2D eigenvalue weighted by Crippen LogP contribution is 2.39. The number of hydrogen-bond acceptors (Lipinski definition) is 4. The van der Waals surface area contributed by atoms with Crippen LogP contribution in [-0.4, -0.2) is 47.2 Å². The van der Waals surface area contributed by atoms with Crippen LogP contribution >= 0.6 is 11.8 Å². The van der Waals surface area contributed by atoms with E-state index in [0.29, 0.717) is 18.1 Å². The largest absolute Gasteiger partial charge is 0.342 e. The molecule has 1 aromatic carbocycles. The molecule has 8 heteroatoms. The van der Waals surface area contributed by atoms with Gasteiger partial charge in [-0.15, -0.1) is 0 Å². The van der Waals surface area contributed by atoms with Crippen LogP contribution in [0.3, 0.4) is 0 Å². The van der Waals surface area contributed by atoms with E-state index >= 15 is 0 Å². The molecular weight excluding hydrogens is 339 g/mol. The molecular formula is C15H17FN2O3S2. The first-order valence-electron chi connectivity index (χ1n) is 7.37. The second-order valence-corrected chi connectivity index (χ2v) is 9.06. The van der Waals surface area contributed by atoms with E-state index in [1.165, 1.54) is 23.9 Å². The minimum Gasteiger partial charge on any atom is -0.342 e. The Morgan fingerprint density at radius 2 is 2.04 bits per heavy atom. The van der Waals surface area contributed by atoms with Crippen molar-refractivity contribution in [3.05, 3.63) is 35.6 Å². The number of fused-ring (bicyclic) bond motifs is 1. The van der Waals surface area contributed by atoms with Gasteiger partial charge in [0, 0.05) is 18.2 Å². The molecule has 3 rings (SSSR count). The van der Waals surface area contributed by atoms with E-state index in [2.05, 4.69) is 4.99 Å². The molecule has 1 aromatic rings. The quantitative estimate of drug-likeness (QED) is 0.827. The minimum absolute atomic E-state index is 0.0746. The van der Waals surface area contributed by atoms with E-state index in [9.17, 15) is 17.6 Å². The van der Waals surface area contributed by atoms with Crippen molar-refractivity contribution < 1.29 is 17.6 Å². The third kappa shape index (κ3) is 3.58. The maximum Gasteiger partial charge on any atom is 0.247 e. The van der Waals surface area contributed by atoms with Crippen molar-refractivity contribution in [2.45, 2.75) is 31.2 Å². The van der Waals surface area contributed by atoms with Crippen molar-refractivity contribution in [3.8, 4) is 0 Å². The molecule has 0 bridgehead atoms. The summed E-state index contributed by atoms with van der Waals surface area (Å²) in [6.45, 7) is 2.15. The second kappa shape index (κ2) is 6.24. The molecule has 0 N–H and O–H groups in total. The fraction of sp³-hybridized carbons (Fsp3) is 0.467. The first kappa shape index (κ1) is 16.4. The summed E-state index contributed by atoms with van der Waals surface area (Å²) in [4.78, 5) is 17.7. The van der Waals surface area contributed by atoms with Gasteiger partial charge >= 0.3 is 0 Å². The van der Waals surface area contributed by atoms with Gasteiger partial charge in [0.15, 0.2) is 15.0 Å². The first-order chi connectivity index (χ1) is 10.9. The Morgan fingerprint density at radius 3 is 2.70 bits per heavy atom. The summed E-state index contributed by atoms with van der Waals surface area (Å²) in [6.07, 6.45) is 0.308. The van der Waals surface area contributed by atoms with Crippen LogP contribution in [-0.2, 0) is 21.2 Å². The molecule has 2 heterocycles. The van der Waals surface area contributed by atoms with Crippen LogP contribution in [0.1, 0.15) is 18.9 Å². The van der Waals surface area contributed by atoms with Gasteiger partial charge in [-0.05, 0) is 17.7 Å². The number of hydrogen-bond donors (Lipinski definition) is 0. The Morgan fingerprint density at radius 1 is 1.35 bits per heavy atom. The SMILES string of the molecule is CCC(=O)N=C1S[C@H]2CS(=O)(=O)C[C@@H]2N1Cc1ccc(F)cc1. The molecule has 0 saturated carbocycles. The Bertz CT molecular complexity index is 746. The van der Waals surface area contributed by atoms with Gasteiger partial charge in [0.2, 0.25) is 5.91 Å². The standard InChI is InChI=1S/C15H17FN2O3S2/c1-2-14(19)17-15-18(7-10-3-5-11(16)6-4-10)12-8-23(20,21)9-13(12)22-15/h3-6,12-13H,2,7-9H2,1H3/t12-,13-/m0/s1. The van der Waals surface area contributed by atoms with Crippen molar-refractivity contribution in [1.82, 2.24) is 4.90 Å². The van der Waals surface area contributed by atoms with Crippen LogP contribution in [0, 0.1) is 5.82 Å². The minimum atomic E-state index is -3.06. The zero-order valence-electron chi connectivity index (χ0n) is 12.6. The van der Waals surface area contributed by atoms with E-state index in [4.69, 9.17) is 0 Å². The Balaban J connectivity index is 1.88. The average Bonchev–Trinajstić information content (AvgIpc) is 2.94. The molecule has 1 amide bonds. The molecule has 2 aliphatic rings. The molecule has 0 spiro atoms. The molecule has 2 fully saturated rings. The van der Waals surface area contributed by atoms with Crippen molar-refractivity contribution in [1.29, 1.82) is 0 Å².